The second-order valence-corrected chi connectivity index (χ2v) is 4.54. The average Bonchev–Trinajstić information content (AvgIpc) is 2.45. The number of nitrogens with one attached hydrogen (secondary N) is 1. The molecule has 0 radical (unpaired) electrons. The maximum atomic E-state index is 10.9. The van der Waals surface area contributed by atoms with Crippen molar-refractivity contribution in [3.63, 3.8) is 0 Å². The first-order valence-corrected chi connectivity index (χ1v) is 6.32. The van der Waals surface area contributed by atoms with Gasteiger partial charge in [-0.2, -0.15) is 0 Å². The highest BCUT2D eigenvalue weighted by atomic mass is 32.2. The number of thioether (sulfide) groups is 1. The first kappa shape index (κ1) is 13.2. The highest BCUT2D eigenvalue weighted by Gasteiger charge is 2.16. The number of nitrogen functional groups attached to an aromatic ring is 1. The van der Waals surface area contributed by atoms with Crippen LogP contribution in [0.25, 0.3) is 0 Å². The minimum absolute atomic E-state index is 0.0386. The molecule has 2 rings (SSSR count). The van der Waals surface area contributed by atoms with Crippen molar-refractivity contribution in [2.24, 2.45) is 5.84 Å². The van der Waals surface area contributed by atoms with E-state index in [0.717, 1.165) is 10.6 Å². The molecule has 0 unspecified atom stereocenters. The Bertz CT molecular complexity index is 579. The summed E-state index contributed by atoms with van der Waals surface area (Å²) in [6, 6.07) is 6.61. The van der Waals surface area contributed by atoms with Crippen LogP contribution in [0.5, 0.6) is 0 Å². The van der Waals surface area contributed by atoms with E-state index in [4.69, 9.17) is 5.84 Å². The number of aromatic nitrogens is 2. The second kappa shape index (κ2) is 6.12. The van der Waals surface area contributed by atoms with Gasteiger partial charge in [-0.15, -0.1) is 11.8 Å². The van der Waals surface area contributed by atoms with Gasteiger partial charge in [-0.25, -0.2) is 9.97 Å². The molecule has 7 nitrogen and oxygen atoms in total. The van der Waals surface area contributed by atoms with Gasteiger partial charge >= 0.3 is 0 Å². The average molecular weight is 277 g/mol. The third-order valence-corrected chi connectivity index (χ3v) is 3.39. The van der Waals surface area contributed by atoms with E-state index in [2.05, 4.69) is 15.4 Å². The van der Waals surface area contributed by atoms with E-state index in [9.17, 15) is 10.1 Å². The van der Waals surface area contributed by atoms with E-state index in [-0.39, 0.29) is 5.69 Å². The first-order chi connectivity index (χ1) is 9.22. The maximum Gasteiger partial charge on any atom is 0.293 e. The Morgan fingerprint density at radius 3 is 2.89 bits per heavy atom. The van der Waals surface area contributed by atoms with Gasteiger partial charge in [0.1, 0.15) is 12.0 Å². The molecule has 0 bridgehead atoms. The van der Waals surface area contributed by atoms with E-state index in [0.29, 0.717) is 11.4 Å². The van der Waals surface area contributed by atoms with E-state index in [1.165, 1.54) is 24.2 Å². The molecule has 1 heterocycles. The third kappa shape index (κ3) is 3.18. The summed E-state index contributed by atoms with van der Waals surface area (Å²) in [5.41, 5.74) is 3.43. The molecule has 0 spiro atoms. The molecule has 0 aliphatic rings. The fourth-order valence-corrected chi connectivity index (χ4v) is 2.36. The van der Waals surface area contributed by atoms with Crippen molar-refractivity contribution in [1.29, 1.82) is 0 Å². The van der Waals surface area contributed by atoms with Crippen molar-refractivity contribution in [2.75, 3.05) is 5.43 Å². The maximum absolute atomic E-state index is 10.9. The lowest BCUT2D eigenvalue weighted by atomic mass is 10.2. The van der Waals surface area contributed by atoms with Gasteiger partial charge in [-0.3, -0.25) is 16.0 Å². The van der Waals surface area contributed by atoms with Crippen LogP contribution in [-0.4, -0.2) is 14.9 Å². The van der Waals surface area contributed by atoms with E-state index in [1.54, 1.807) is 24.4 Å². The van der Waals surface area contributed by atoms with Gasteiger partial charge in [0, 0.05) is 18.0 Å². The molecular formula is C11H11N5O2S. The van der Waals surface area contributed by atoms with E-state index >= 15 is 0 Å². The zero-order valence-corrected chi connectivity index (χ0v) is 10.6. The lowest BCUT2D eigenvalue weighted by Crippen LogP contribution is -2.11. The molecule has 0 saturated heterocycles. The summed E-state index contributed by atoms with van der Waals surface area (Å²) in [6.45, 7) is 0. The van der Waals surface area contributed by atoms with Crippen LogP contribution in [0, 0.1) is 10.1 Å². The highest BCUT2D eigenvalue weighted by Crippen LogP contribution is 2.31. The van der Waals surface area contributed by atoms with Crippen LogP contribution in [0.3, 0.4) is 0 Å². The summed E-state index contributed by atoms with van der Waals surface area (Å²) in [7, 11) is 0. The first-order valence-electron chi connectivity index (χ1n) is 5.34. The molecule has 98 valence electrons. The van der Waals surface area contributed by atoms with Crippen LogP contribution in [0.15, 0.2) is 41.8 Å². The van der Waals surface area contributed by atoms with Crippen LogP contribution in [0.2, 0.25) is 0 Å². The molecule has 3 N–H and O–H groups in total. The number of rotatable bonds is 5. The number of anilines is 1. The van der Waals surface area contributed by atoms with Crippen LogP contribution in [-0.2, 0) is 5.75 Å². The molecule has 0 fully saturated rings. The van der Waals surface area contributed by atoms with Crippen molar-refractivity contribution < 1.29 is 4.92 Å². The van der Waals surface area contributed by atoms with Crippen LogP contribution in [0.1, 0.15) is 5.56 Å². The van der Waals surface area contributed by atoms with Crippen molar-refractivity contribution in [2.45, 2.75) is 10.8 Å². The lowest BCUT2D eigenvalue weighted by Gasteiger charge is -2.08. The van der Waals surface area contributed by atoms with Gasteiger partial charge in [0.25, 0.3) is 5.69 Å². The van der Waals surface area contributed by atoms with Crippen molar-refractivity contribution in [3.05, 3.63) is 52.5 Å². The normalized spacial score (nSPS) is 10.2. The number of nitrogens with zero attached hydrogens (tertiary/aromatic N) is 3. The summed E-state index contributed by atoms with van der Waals surface area (Å²) in [6.07, 6.45) is 3.10. The lowest BCUT2D eigenvalue weighted by molar-refractivity contribution is -0.384. The monoisotopic (exact) mass is 277 g/mol. The Morgan fingerprint density at radius 1 is 1.42 bits per heavy atom. The predicted molar refractivity (Wildman–Crippen MR) is 72.5 cm³/mol. The van der Waals surface area contributed by atoms with Gasteiger partial charge in [0.15, 0.2) is 0 Å². The molecule has 1 aromatic carbocycles. The fourth-order valence-electron chi connectivity index (χ4n) is 1.54. The molecule has 0 saturated carbocycles. The predicted octanol–water partition coefficient (Wildman–Crippen LogP) is 1.96. The number of para-hydroxylation sites is 1. The number of benzene rings is 1. The molecule has 0 aliphatic heterocycles. The summed E-state index contributed by atoms with van der Waals surface area (Å²) in [5.74, 6) is 5.89. The Labute approximate surface area is 113 Å². The number of hydrazine groups is 1. The van der Waals surface area contributed by atoms with Gasteiger partial charge in [-0.05, 0) is 11.6 Å². The van der Waals surface area contributed by atoms with E-state index in [1.807, 2.05) is 0 Å². The molecule has 8 heteroatoms. The van der Waals surface area contributed by atoms with Gasteiger partial charge < -0.3 is 5.43 Å². The smallest absolute Gasteiger partial charge is 0.293 e. The fraction of sp³-hybridized carbons (Fsp3) is 0.0909. The summed E-state index contributed by atoms with van der Waals surface area (Å²) in [4.78, 5) is 18.3. The molecule has 0 atom stereocenters. The minimum atomic E-state index is -0.464. The largest absolute Gasteiger partial charge is 0.318 e. The van der Waals surface area contributed by atoms with Gasteiger partial charge in [0.05, 0.1) is 9.95 Å². The summed E-state index contributed by atoms with van der Waals surface area (Å²) in [5, 5.41) is 11.7. The summed E-state index contributed by atoms with van der Waals surface area (Å²) < 4.78 is 0. The number of hydrogen-bond acceptors (Lipinski definition) is 7. The number of nitro benzene ring substituents is 1. The number of hydrogen-bond donors (Lipinski definition) is 2. The van der Waals surface area contributed by atoms with Crippen LogP contribution < -0.4 is 11.3 Å². The molecular weight excluding hydrogens is 266 g/mol. The topological polar surface area (TPSA) is 107 Å². The van der Waals surface area contributed by atoms with Crippen molar-refractivity contribution in [1.82, 2.24) is 9.97 Å². The zero-order chi connectivity index (χ0) is 13.7. The van der Waals surface area contributed by atoms with Crippen molar-refractivity contribution in [3.8, 4) is 0 Å². The quantitative estimate of drug-likeness (QED) is 0.283. The molecule has 1 aromatic heterocycles. The Morgan fingerprint density at radius 2 is 2.26 bits per heavy atom. The van der Waals surface area contributed by atoms with E-state index < -0.39 is 4.92 Å². The molecule has 0 aliphatic carbocycles. The SMILES string of the molecule is NNc1c(CSc2ccncn2)cccc1[N+](=O)[O-]. The Kier molecular flexibility index (Phi) is 4.26. The zero-order valence-electron chi connectivity index (χ0n) is 9.81. The number of nitrogens with two attached hydrogens (primary N) is 1. The van der Waals surface area contributed by atoms with Crippen LogP contribution >= 0.6 is 11.8 Å². The number of nitro groups is 1. The molecule has 2 aromatic rings. The Balaban J connectivity index is 2.21. The highest BCUT2D eigenvalue weighted by molar-refractivity contribution is 7.98. The van der Waals surface area contributed by atoms with Gasteiger partial charge in [0.2, 0.25) is 0 Å². The van der Waals surface area contributed by atoms with Gasteiger partial charge in [-0.1, -0.05) is 12.1 Å². The standard InChI is InChI=1S/C11H11N5O2S/c12-15-11-8(2-1-3-9(11)16(17)18)6-19-10-4-5-13-7-14-10/h1-5,7,15H,6,12H2. The molecule has 0 amide bonds. The summed E-state index contributed by atoms with van der Waals surface area (Å²) >= 11 is 1.45. The second-order valence-electron chi connectivity index (χ2n) is 3.55. The van der Waals surface area contributed by atoms with Crippen LogP contribution in [0.4, 0.5) is 11.4 Å². The third-order valence-electron chi connectivity index (χ3n) is 2.40. The molecule has 19 heavy (non-hydrogen) atoms. The Hall–Kier alpha value is -2.19. The van der Waals surface area contributed by atoms with Crippen molar-refractivity contribution >= 4 is 23.1 Å². The minimum Gasteiger partial charge on any atom is -0.318 e.